The van der Waals surface area contributed by atoms with Gasteiger partial charge >= 0.3 is 0 Å². The minimum atomic E-state index is -0.592. The number of nitrogens with one attached hydrogen (secondary N) is 1. The van der Waals surface area contributed by atoms with Crippen molar-refractivity contribution >= 4 is 28.1 Å². The summed E-state index contributed by atoms with van der Waals surface area (Å²) in [5.41, 5.74) is 2.67. The van der Waals surface area contributed by atoms with Crippen LogP contribution in [0.25, 0.3) is 10.8 Å². The number of nitrogens with zero attached hydrogens (tertiary/aromatic N) is 1. The third-order valence-electron chi connectivity index (χ3n) is 5.55. The maximum Gasteiger partial charge on any atom is 0.262 e. The van der Waals surface area contributed by atoms with Crippen LogP contribution in [0.4, 0.5) is 11.4 Å². The lowest BCUT2D eigenvalue weighted by molar-refractivity contribution is 0.0975. The van der Waals surface area contributed by atoms with Crippen molar-refractivity contribution in [2.75, 3.05) is 16.8 Å². The highest BCUT2D eigenvalue weighted by Crippen LogP contribution is 2.42. The number of amides is 1. The van der Waals surface area contributed by atoms with Crippen molar-refractivity contribution in [3.8, 4) is 11.5 Å². The van der Waals surface area contributed by atoms with Gasteiger partial charge in [-0.1, -0.05) is 48.5 Å². The fourth-order valence-corrected chi connectivity index (χ4v) is 4.18. The van der Waals surface area contributed by atoms with Gasteiger partial charge in [-0.25, -0.2) is 0 Å². The summed E-state index contributed by atoms with van der Waals surface area (Å²) in [6, 6.07) is 26.3. The van der Waals surface area contributed by atoms with Gasteiger partial charge in [0.1, 0.15) is 17.7 Å². The Kier molecular flexibility index (Phi) is 4.71. The number of benzene rings is 4. The lowest BCUT2D eigenvalue weighted by Gasteiger charge is -2.38. The molecule has 5 rings (SSSR count). The third kappa shape index (κ3) is 3.24. The van der Waals surface area contributed by atoms with Crippen LogP contribution in [0.3, 0.4) is 0 Å². The van der Waals surface area contributed by atoms with E-state index in [4.69, 9.17) is 4.74 Å². The van der Waals surface area contributed by atoms with Crippen LogP contribution in [-0.4, -0.2) is 17.6 Å². The summed E-state index contributed by atoms with van der Waals surface area (Å²) in [5, 5.41) is 16.3. The van der Waals surface area contributed by atoms with Crippen LogP contribution in [0.1, 0.15) is 29.0 Å². The van der Waals surface area contributed by atoms with Crippen LogP contribution in [0.2, 0.25) is 0 Å². The Morgan fingerprint density at radius 1 is 0.968 bits per heavy atom. The van der Waals surface area contributed by atoms with Crippen molar-refractivity contribution in [2.45, 2.75) is 13.1 Å². The van der Waals surface area contributed by atoms with Crippen molar-refractivity contribution in [1.29, 1.82) is 0 Å². The lowest BCUT2D eigenvalue weighted by atomic mass is 9.97. The van der Waals surface area contributed by atoms with Gasteiger partial charge in [0.25, 0.3) is 5.91 Å². The van der Waals surface area contributed by atoms with E-state index in [9.17, 15) is 9.90 Å². The van der Waals surface area contributed by atoms with Crippen LogP contribution in [0, 0.1) is 0 Å². The molecule has 0 aliphatic carbocycles. The number of hydrogen-bond acceptors (Lipinski definition) is 4. The first-order chi connectivity index (χ1) is 15.2. The van der Waals surface area contributed by atoms with E-state index >= 15 is 0 Å². The van der Waals surface area contributed by atoms with Crippen molar-refractivity contribution in [2.24, 2.45) is 0 Å². The molecule has 5 nitrogen and oxygen atoms in total. The molecule has 0 fully saturated rings. The van der Waals surface area contributed by atoms with Gasteiger partial charge in [0.2, 0.25) is 0 Å². The first-order valence-corrected chi connectivity index (χ1v) is 10.3. The van der Waals surface area contributed by atoms with Crippen LogP contribution in [0.15, 0.2) is 84.9 Å². The number of carbonyl (C=O) groups is 1. The SMILES string of the molecule is CCOc1cccc(N2C(=O)c3ccccc3NC2c2c(O)ccc3ccccc23)c1. The maximum atomic E-state index is 13.7. The second kappa shape index (κ2) is 7.69. The van der Waals surface area contributed by atoms with E-state index in [1.807, 2.05) is 85.8 Å². The Labute approximate surface area is 180 Å². The highest BCUT2D eigenvalue weighted by molar-refractivity contribution is 6.12. The zero-order valence-electron chi connectivity index (χ0n) is 17.1. The van der Waals surface area contributed by atoms with Gasteiger partial charge in [0, 0.05) is 17.3 Å². The maximum absolute atomic E-state index is 13.7. The number of ether oxygens (including phenoxy) is 1. The summed E-state index contributed by atoms with van der Waals surface area (Å²) in [6.07, 6.45) is -0.592. The molecular formula is C26H22N2O3. The van der Waals surface area contributed by atoms with E-state index in [1.165, 1.54) is 0 Å². The molecule has 1 heterocycles. The predicted octanol–water partition coefficient (Wildman–Crippen LogP) is 5.72. The zero-order chi connectivity index (χ0) is 21.4. The second-order valence-corrected chi connectivity index (χ2v) is 7.42. The molecule has 4 aromatic carbocycles. The van der Waals surface area contributed by atoms with E-state index in [-0.39, 0.29) is 11.7 Å². The van der Waals surface area contributed by atoms with E-state index in [0.29, 0.717) is 29.2 Å². The van der Waals surface area contributed by atoms with Crippen molar-refractivity contribution < 1.29 is 14.6 Å². The lowest BCUT2D eigenvalue weighted by Crippen LogP contribution is -2.43. The molecule has 0 spiro atoms. The fourth-order valence-electron chi connectivity index (χ4n) is 4.18. The molecule has 5 heteroatoms. The molecule has 1 unspecified atom stereocenters. The number of phenols is 1. The standard InChI is InChI=1S/C26H22N2O3/c1-2-31-19-10-7-9-18(16-19)28-25(27-22-13-6-5-12-21(22)26(28)30)24-20-11-4-3-8-17(20)14-15-23(24)29/h3-16,25,27,29H,2H2,1H3. The quantitative estimate of drug-likeness (QED) is 0.452. The van der Waals surface area contributed by atoms with Crippen molar-refractivity contribution in [3.63, 3.8) is 0 Å². The summed E-state index contributed by atoms with van der Waals surface area (Å²) < 4.78 is 5.67. The molecule has 0 radical (unpaired) electrons. The number of carbonyl (C=O) groups excluding carboxylic acids is 1. The summed E-state index contributed by atoms with van der Waals surface area (Å²) in [5.74, 6) is 0.683. The number of para-hydroxylation sites is 1. The predicted molar refractivity (Wildman–Crippen MR) is 123 cm³/mol. The van der Waals surface area contributed by atoms with Gasteiger partial charge in [-0.3, -0.25) is 9.69 Å². The topological polar surface area (TPSA) is 61.8 Å². The Balaban J connectivity index is 1.74. The molecule has 1 amide bonds. The van der Waals surface area contributed by atoms with Crippen molar-refractivity contribution in [3.05, 3.63) is 96.1 Å². The highest BCUT2D eigenvalue weighted by Gasteiger charge is 2.36. The Bertz CT molecular complexity index is 1280. The molecule has 0 saturated carbocycles. The van der Waals surface area contributed by atoms with E-state index in [0.717, 1.165) is 16.5 Å². The number of phenolic OH excluding ortho intramolecular Hbond substituents is 1. The largest absolute Gasteiger partial charge is 0.507 e. The number of hydrogen-bond donors (Lipinski definition) is 2. The van der Waals surface area contributed by atoms with E-state index in [2.05, 4.69) is 5.32 Å². The van der Waals surface area contributed by atoms with Crippen LogP contribution in [-0.2, 0) is 0 Å². The van der Waals surface area contributed by atoms with E-state index in [1.54, 1.807) is 11.0 Å². The van der Waals surface area contributed by atoms with Gasteiger partial charge in [-0.15, -0.1) is 0 Å². The molecule has 0 bridgehead atoms. The Morgan fingerprint density at radius 3 is 2.65 bits per heavy atom. The van der Waals surface area contributed by atoms with Crippen LogP contribution < -0.4 is 15.0 Å². The summed E-state index contributed by atoms with van der Waals surface area (Å²) in [7, 11) is 0. The number of rotatable bonds is 4. The second-order valence-electron chi connectivity index (χ2n) is 7.42. The van der Waals surface area contributed by atoms with Gasteiger partial charge in [-0.05, 0) is 48.0 Å². The molecule has 31 heavy (non-hydrogen) atoms. The van der Waals surface area contributed by atoms with Crippen LogP contribution >= 0.6 is 0 Å². The third-order valence-corrected chi connectivity index (χ3v) is 5.55. The highest BCUT2D eigenvalue weighted by atomic mass is 16.5. The first kappa shape index (κ1) is 19.0. The number of anilines is 2. The normalized spacial score (nSPS) is 15.5. The molecule has 1 aliphatic heterocycles. The molecular weight excluding hydrogens is 388 g/mol. The van der Waals surface area contributed by atoms with Crippen molar-refractivity contribution in [1.82, 2.24) is 0 Å². The number of fused-ring (bicyclic) bond motifs is 2. The molecule has 0 saturated heterocycles. The molecule has 4 aromatic rings. The van der Waals surface area contributed by atoms with Gasteiger partial charge < -0.3 is 15.2 Å². The van der Waals surface area contributed by atoms with Gasteiger partial charge in [-0.2, -0.15) is 0 Å². The summed E-state index contributed by atoms with van der Waals surface area (Å²) in [6.45, 7) is 2.46. The number of aromatic hydroxyl groups is 1. The van der Waals surface area contributed by atoms with Gasteiger partial charge in [0.05, 0.1) is 17.9 Å². The average molecular weight is 410 g/mol. The fraction of sp³-hybridized carbons (Fsp3) is 0.115. The van der Waals surface area contributed by atoms with E-state index < -0.39 is 6.17 Å². The average Bonchev–Trinajstić information content (AvgIpc) is 2.79. The molecule has 2 N–H and O–H groups in total. The Hall–Kier alpha value is -3.99. The Morgan fingerprint density at radius 2 is 1.77 bits per heavy atom. The van der Waals surface area contributed by atoms with Crippen LogP contribution in [0.5, 0.6) is 11.5 Å². The minimum Gasteiger partial charge on any atom is -0.507 e. The smallest absolute Gasteiger partial charge is 0.262 e. The molecule has 1 atom stereocenters. The molecule has 154 valence electrons. The summed E-state index contributed by atoms with van der Waals surface area (Å²) >= 11 is 0. The van der Waals surface area contributed by atoms with Gasteiger partial charge in [0.15, 0.2) is 0 Å². The first-order valence-electron chi connectivity index (χ1n) is 10.3. The summed E-state index contributed by atoms with van der Waals surface area (Å²) in [4.78, 5) is 15.4. The zero-order valence-corrected chi connectivity index (χ0v) is 17.1. The monoisotopic (exact) mass is 410 g/mol. The molecule has 0 aromatic heterocycles. The minimum absolute atomic E-state index is 0.134. The molecule has 1 aliphatic rings.